The highest BCUT2D eigenvalue weighted by molar-refractivity contribution is 5.89. The summed E-state index contributed by atoms with van der Waals surface area (Å²) in [4.78, 5) is 0. The molecule has 6 heteroatoms. The fourth-order valence-electron chi connectivity index (χ4n) is 1.99. The molecule has 2 rings (SSSR count). The van der Waals surface area contributed by atoms with Gasteiger partial charge in [0.15, 0.2) is 0 Å². The van der Waals surface area contributed by atoms with Crippen molar-refractivity contribution in [2.45, 2.75) is 6.18 Å². The first-order valence-electron chi connectivity index (χ1n) is 5.04. The van der Waals surface area contributed by atoms with Gasteiger partial charge in [-0.05, 0) is 12.1 Å². The zero-order valence-corrected chi connectivity index (χ0v) is 9.67. The number of nitriles is 1. The summed E-state index contributed by atoms with van der Waals surface area (Å²) in [6.45, 7) is 0. The van der Waals surface area contributed by atoms with Crippen molar-refractivity contribution in [3.05, 3.63) is 29.5 Å². The molecule has 3 nitrogen and oxygen atoms in total. The van der Waals surface area contributed by atoms with E-state index in [1.807, 2.05) is 0 Å². The Hall–Kier alpha value is -2.16. The van der Waals surface area contributed by atoms with E-state index < -0.39 is 11.9 Å². The van der Waals surface area contributed by atoms with Crippen LogP contribution in [0.15, 0.2) is 18.2 Å². The maximum atomic E-state index is 12.9. The molecule has 94 valence electrons. The van der Waals surface area contributed by atoms with Crippen LogP contribution in [0.3, 0.4) is 0 Å². The third kappa shape index (κ3) is 1.68. The lowest BCUT2D eigenvalue weighted by Crippen LogP contribution is -2.12. The average molecular weight is 254 g/mol. The molecule has 0 saturated carbocycles. The van der Waals surface area contributed by atoms with E-state index in [-0.39, 0.29) is 10.9 Å². The topological polar surface area (TPSA) is 37.9 Å². The number of hydrogen-bond acceptors (Lipinski definition) is 2. The predicted octanol–water partition coefficient (Wildman–Crippen LogP) is 3.08. The SMILES string of the molecule is COc1ccc2c(C#N)c(C(F)(F)F)n(C)c2c1. The third-order valence-electron chi connectivity index (χ3n) is 2.79. The summed E-state index contributed by atoms with van der Waals surface area (Å²) in [7, 11) is 2.71. The molecular weight excluding hydrogens is 245 g/mol. The number of methoxy groups -OCH3 is 1. The molecule has 0 bridgehead atoms. The Kier molecular flexibility index (Phi) is 2.70. The van der Waals surface area contributed by atoms with E-state index in [9.17, 15) is 13.2 Å². The normalized spacial score (nSPS) is 11.6. The van der Waals surface area contributed by atoms with Gasteiger partial charge in [-0.2, -0.15) is 18.4 Å². The number of alkyl halides is 3. The molecule has 0 radical (unpaired) electrons. The Labute approximate surface area is 101 Å². The van der Waals surface area contributed by atoms with Crippen LogP contribution in [0, 0.1) is 11.3 Å². The summed E-state index contributed by atoms with van der Waals surface area (Å²) < 4.78 is 44.7. The molecule has 0 aliphatic heterocycles. The highest BCUT2D eigenvalue weighted by Gasteiger charge is 2.38. The van der Waals surface area contributed by atoms with E-state index in [1.54, 1.807) is 6.07 Å². The predicted molar refractivity (Wildman–Crippen MR) is 59.2 cm³/mol. The van der Waals surface area contributed by atoms with Gasteiger partial charge in [-0.15, -0.1) is 0 Å². The number of hydrogen-bond donors (Lipinski definition) is 0. The molecule has 0 unspecified atom stereocenters. The molecular formula is C12H9F3N2O. The minimum atomic E-state index is -4.56. The smallest absolute Gasteiger partial charge is 0.432 e. The maximum absolute atomic E-state index is 12.9. The van der Waals surface area contributed by atoms with E-state index in [2.05, 4.69) is 0 Å². The summed E-state index contributed by atoms with van der Waals surface area (Å²) in [5.74, 6) is 0.446. The van der Waals surface area contributed by atoms with E-state index in [1.165, 1.54) is 32.4 Å². The van der Waals surface area contributed by atoms with Crippen LogP contribution in [0.25, 0.3) is 10.9 Å². The third-order valence-corrected chi connectivity index (χ3v) is 2.79. The number of rotatable bonds is 1. The number of fused-ring (bicyclic) bond motifs is 1. The van der Waals surface area contributed by atoms with Crippen molar-refractivity contribution < 1.29 is 17.9 Å². The van der Waals surface area contributed by atoms with Gasteiger partial charge in [-0.25, -0.2) is 0 Å². The van der Waals surface area contributed by atoms with Crippen molar-refractivity contribution in [3.63, 3.8) is 0 Å². The summed E-state index contributed by atoms with van der Waals surface area (Å²) in [5, 5.41) is 9.20. The number of aromatic nitrogens is 1. The van der Waals surface area contributed by atoms with Gasteiger partial charge in [-0.1, -0.05) is 0 Å². The van der Waals surface area contributed by atoms with Crippen LogP contribution in [-0.2, 0) is 13.2 Å². The van der Waals surface area contributed by atoms with Gasteiger partial charge >= 0.3 is 6.18 Å². The molecule has 0 spiro atoms. The molecule has 0 atom stereocenters. The van der Waals surface area contributed by atoms with Crippen LogP contribution in [0.5, 0.6) is 5.75 Å². The summed E-state index contributed by atoms with van der Waals surface area (Å²) in [6, 6.07) is 6.09. The zero-order valence-electron chi connectivity index (χ0n) is 9.67. The van der Waals surface area contributed by atoms with Crippen LogP contribution in [0.4, 0.5) is 13.2 Å². The minimum Gasteiger partial charge on any atom is -0.497 e. The average Bonchev–Trinajstić information content (AvgIpc) is 2.61. The second kappa shape index (κ2) is 3.95. The second-order valence-electron chi connectivity index (χ2n) is 3.78. The molecule has 0 saturated heterocycles. The largest absolute Gasteiger partial charge is 0.497 e. The molecule has 2 aromatic rings. The fraction of sp³-hybridized carbons (Fsp3) is 0.250. The van der Waals surface area contributed by atoms with Gasteiger partial charge in [0, 0.05) is 18.5 Å². The Bertz CT molecular complexity index is 650. The number of nitrogens with zero attached hydrogens (tertiary/aromatic N) is 2. The zero-order chi connectivity index (χ0) is 13.5. The van der Waals surface area contributed by atoms with Crippen LogP contribution in [-0.4, -0.2) is 11.7 Å². The Morgan fingerprint density at radius 2 is 2.00 bits per heavy atom. The van der Waals surface area contributed by atoms with Crippen LogP contribution in [0.2, 0.25) is 0 Å². The highest BCUT2D eigenvalue weighted by Crippen LogP contribution is 2.38. The lowest BCUT2D eigenvalue weighted by molar-refractivity contribution is -0.143. The van der Waals surface area contributed by atoms with Gasteiger partial charge in [0.25, 0.3) is 0 Å². The lowest BCUT2D eigenvalue weighted by Gasteiger charge is -2.08. The van der Waals surface area contributed by atoms with Crippen molar-refractivity contribution in [3.8, 4) is 11.8 Å². The number of benzene rings is 1. The first-order chi connectivity index (χ1) is 8.40. The molecule has 0 fully saturated rings. The molecule has 0 aliphatic carbocycles. The highest BCUT2D eigenvalue weighted by atomic mass is 19.4. The van der Waals surface area contributed by atoms with Crippen molar-refractivity contribution in [2.24, 2.45) is 7.05 Å². The minimum absolute atomic E-state index is 0.271. The van der Waals surface area contributed by atoms with Gasteiger partial charge in [0.05, 0.1) is 18.2 Å². The Morgan fingerprint density at radius 3 is 2.50 bits per heavy atom. The summed E-state index contributed by atoms with van der Waals surface area (Å²) in [5.41, 5.74) is -0.978. The summed E-state index contributed by atoms with van der Waals surface area (Å²) >= 11 is 0. The molecule has 0 aliphatic rings. The van der Waals surface area contributed by atoms with Crippen LogP contribution in [0.1, 0.15) is 11.3 Å². The Morgan fingerprint density at radius 1 is 1.33 bits per heavy atom. The monoisotopic (exact) mass is 254 g/mol. The van der Waals surface area contributed by atoms with Gasteiger partial charge in [0.2, 0.25) is 0 Å². The Balaban J connectivity index is 2.89. The molecule has 0 amide bonds. The second-order valence-corrected chi connectivity index (χ2v) is 3.78. The molecule has 18 heavy (non-hydrogen) atoms. The molecule has 0 N–H and O–H groups in total. The standard InChI is InChI=1S/C12H9F3N2O/c1-17-10-5-7(18-2)3-4-8(10)9(6-16)11(17)12(13,14)15/h3-5H,1-2H3. The van der Waals surface area contributed by atoms with Gasteiger partial charge < -0.3 is 9.30 Å². The van der Waals surface area contributed by atoms with Gasteiger partial charge in [0.1, 0.15) is 17.5 Å². The first-order valence-corrected chi connectivity index (χ1v) is 5.04. The molecule has 1 heterocycles. The quantitative estimate of drug-likeness (QED) is 0.784. The van der Waals surface area contributed by atoms with Gasteiger partial charge in [-0.3, -0.25) is 0 Å². The first kappa shape index (κ1) is 12.3. The lowest BCUT2D eigenvalue weighted by atomic mass is 10.1. The van der Waals surface area contributed by atoms with Crippen LogP contribution < -0.4 is 4.74 Å². The van der Waals surface area contributed by atoms with Crippen LogP contribution >= 0.6 is 0 Å². The van der Waals surface area contributed by atoms with Crippen molar-refractivity contribution in [1.82, 2.24) is 4.57 Å². The molecule has 1 aromatic carbocycles. The van der Waals surface area contributed by atoms with E-state index in [0.29, 0.717) is 11.3 Å². The van der Waals surface area contributed by atoms with Crippen molar-refractivity contribution in [2.75, 3.05) is 7.11 Å². The van der Waals surface area contributed by atoms with E-state index >= 15 is 0 Å². The fourth-order valence-corrected chi connectivity index (χ4v) is 1.99. The number of aryl methyl sites for hydroxylation is 1. The van der Waals surface area contributed by atoms with Crippen molar-refractivity contribution >= 4 is 10.9 Å². The molecule has 1 aromatic heterocycles. The van der Waals surface area contributed by atoms with E-state index in [0.717, 1.165) is 4.57 Å². The summed E-state index contributed by atoms with van der Waals surface area (Å²) in [6.07, 6.45) is -4.56. The number of ether oxygens (including phenoxy) is 1. The number of halogens is 3. The van der Waals surface area contributed by atoms with Crippen molar-refractivity contribution in [1.29, 1.82) is 5.26 Å². The van der Waals surface area contributed by atoms with E-state index in [4.69, 9.17) is 10.00 Å². The maximum Gasteiger partial charge on any atom is 0.432 e.